The van der Waals surface area contributed by atoms with E-state index in [9.17, 15) is 5.11 Å². The van der Waals surface area contributed by atoms with E-state index in [1.807, 2.05) is 49.3 Å². The van der Waals surface area contributed by atoms with Gasteiger partial charge >= 0.3 is 0 Å². The smallest absolute Gasteiger partial charge is 0.141 e. The van der Waals surface area contributed by atoms with Gasteiger partial charge in [-0.2, -0.15) is 0 Å². The zero-order valence-corrected chi connectivity index (χ0v) is 9.72. The van der Waals surface area contributed by atoms with E-state index < -0.39 is 5.72 Å². The van der Waals surface area contributed by atoms with Gasteiger partial charge < -0.3 is 5.11 Å². The molecule has 2 heteroatoms. The molecule has 0 aliphatic heterocycles. The lowest BCUT2D eigenvalue weighted by Crippen LogP contribution is -2.43. The van der Waals surface area contributed by atoms with E-state index in [1.54, 1.807) is 0 Å². The van der Waals surface area contributed by atoms with E-state index in [4.69, 9.17) is 0 Å². The van der Waals surface area contributed by atoms with Crippen molar-refractivity contribution in [3.63, 3.8) is 0 Å². The van der Waals surface area contributed by atoms with Crippen LogP contribution in [0.25, 0.3) is 5.57 Å². The first-order valence-corrected chi connectivity index (χ1v) is 5.45. The van der Waals surface area contributed by atoms with Gasteiger partial charge in [0.15, 0.2) is 0 Å². The monoisotopic (exact) mass is 215 g/mol. The highest BCUT2D eigenvalue weighted by atomic mass is 16.3. The van der Waals surface area contributed by atoms with Crippen molar-refractivity contribution in [1.82, 2.24) is 4.90 Å². The molecule has 1 aromatic rings. The lowest BCUT2D eigenvalue weighted by Gasteiger charge is -2.34. The van der Waals surface area contributed by atoms with Crippen molar-refractivity contribution in [1.29, 1.82) is 0 Å². The number of hydrogen-bond donors (Lipinski definition) is 1. The highest BCUT2D eigenvalue weighted by molar-refractivity contribution is 5.69. The van der Waals surface area contributed by atoms with Crippen LogP contribution in [-0.2, 0) is 0 Å². The Morgan fingerprint density at radius 2 is 1.88 bits per heavy atom. The predicted molar refractivity (Wildman–Crippen MR) is 66.8 cm³/mol. The first-order chi connectivity index (χ1) is 7.62. The van der Waals surface area contributed by atoms with Gasteiger partial charge in [-0.05, 0) is 31.3 Å². The summed E-state index contributed by atoms with van der Waals surface area (Å²) in [5, 5.41) is 10.4. The minimum Gasteiger partial charge on any atom is -0.372 e. The van der Waals surface area contributed by atoms with Gasteiger partial charge in [0.05, 0.1) is 0 Å². The Bertz CT molecular complexity index is 420. The quantitative estimate of drug-likeness (QED) is 0.765. The Kier molecular flexibility index (Phi) is 2.95. The molecule has 84 valence electrons. The number of nitrogens with zero attached hydrogens (tertiary/aromatic N) is 1. The maximum absolute atomic E-state index is 10.4. The summed E-state index contributed by atoms with van der Waals surface area (Å²) in [4.78, 5) is 1.83. The van der Waals surface area contributed by atoms with E-state index in [-0.39, 0.29) is 0 Å². The van der Waals surface area contributed by atoms with E-state index in [1.165, 1.54) is 11.1 Å². The summed E-state index contributed by atoms with van der Waals surface area (Å²) in [7, 11) is 3.77. The van der Waals surface area contributed by atoms with E-state index >= 15 is 0 Å². The summed E-state index contributed by atoms with van der Waals surface area (Å²) >= 11 is 0. The van der Waals surface area contributed by atoms with Gasteiger partial charge in [0.2, 0.25) is 0 Å². The molecule has 0 radical (unpaired) electrons. The average molecular weight is 215 g/mol. The Morgan fingerprint density at radius 1 is 1.19 bits per heavy atom. The third-order valence-electron chi connectivity index (χ3n) is 3.03. The topological polar surface area (TPSA) is 23.5 Å². The third-order valence-corrected chi connectivity index (χ3v) is 3.03. The minimum absolute atomic E-state index is 0.626. The predicted octanol–water partition coefficient (Wildman–Crippen LogP) is 2.28. The average Bonchev–Trinajstić information content (AvgIpc) is 2.30. The van der Waals surface area contributed by atoms with E-state index in [0.29, 0.717) is 6.42 Å². The Balaban J connectivity index is 2.27. The molecular weight excluding hydrogens is 198 g/mol. The number of rotatable bonds is 2. The molecule has 1 atom stereocenters. The maximum atomic E-state index is 10.4. The van der Waals surface area contributed by atoms with Gasteiger partial charge in [-0.25, -0.2) is 0 Å². The SMILES string of the molecule is CN(C)C1(O)C=CC=C(c2ccccc2)C1. The Labute approximate surface area is 96.5 Å². The number of hydrogen-bond acceptors (Lipinski definition) is 2. The van der Waals surface area contributed by atoms with Crippen LogP contribution in [0.15, 0.2) is 48.6 Å². The second kappa shape index (κ2) is 4.24. The van der Waals surface area contributed by atoms with Crippen molar-refractivity contribution in [2.45, 2.75) is 12.1 Å². The largest absolute Gasteiger partial charge is 0.372 e. The van der Waals surface area contributed by atoms with Gasteiger partial charge in [0, 0.05) is 6.42 Å². The molecule has 0 saturated carbocycles. The molecule has 2 nitrogen and oxygen atoms in total. The van der Waals surface area contributed by atoms with E-state index in [0.717, 1.165) is 0 Å². The molecule has 2 rings (SSSR count). The van der Waals surface area contributed by atoms with Crippen molar-refractivity contribution < 1.29 is 5.11 Å². The van der Waals surface area contributed by atoms with Crippen molar-refractivity contribution in [3.8, 4) is 0 Å². The summed E-state index contributed by atoms with van der Waals surface area (Å²) in [5.41, 5.74) is 1.48. The second-order valence-corrected chi connectivity index (χ2v) is 4.37. The molecule has 0 saturated heterocycles. The van der Waals surface area contributed by atoms with Crippen molar-refractivity contribution >= 4 is 5.57 Å². The maximum Gasteiger partial charge on any atom is 0.141 e. The van der Waals surface area contributed by atoms with Crippen LogP contribution in [-0.4, -0.2) is 29.8 Å². The molecule has 1 unspecified atom stereocenters. The number of allylic oxidation sites excluding steroid dienone is 2. The van der Waals surface area contributed by atoms with Crippen LogP contribution in [0.4, 0.5) is 0 Å². The normalized spacial score (nSPS) is 24.6. The van der Waals surface area contributed by atoms with Gasteiger partial charge in [-0.3, -0.25) is 4.90 Å². The molecule has 0 heterocycles. The second-order valence-electron chi connectivity index (χ2n) is 4.37. The van der Waals surface area contributed by atoms with Crippen molar-refractivity contribution in [2.75, 3.05) is 14.1 Å². The summed E-state index contributed by atoms with van der Waals surface area (Å²) in [6.07, 6.45) is 6.44. The van der Waals surface area contributed by atoms with Crippen molar-refractivity contribution in [3.05, 3.63) is 54.1 Å². The van der Waals surface area contributed by atoms with Crippen LogP contribution < -0.4 is 0 Å². The number of likely N-dealkylation sites (N-methyl/N-ethyl adjacent to an activating group) is 1. The molecule has 0 bridgehead atoms. The molecule has 1 aliphatic carbocycles. The van der Waals surface area contributed by atoms with E-state index in [2.05, 4.69) is 18.2 Å². The lowest BCUT2D eigenvalue weighted by molar-refractivity contribution is -0.0336. The van der Waals surface area contributed by atoms with Crippen LogP contribution in [0.3, 0.4) is 0 Å². The Hall–Kier alpha value is -1.38. The zero-order chi connectivity index (χ0) is 11.6. The molecule has 16 heavy (non-hydrogen) atoms. The first-order valence-electron chi connectivity index (χ1n) is 5.45. The summed E-state index contributed by atoms with van der Waals surface area (Å²) in [6.45, 7) is 0. The highest BCUT2D eigenvalue weighted by Gasteiger charge is 2.29. The highest BCUT2D eigenvalue weighted by Crippen LogP contribution is 2.30. The fourth-order valence-corrected chi connectivity index (χ4v) is 1.87. The molecule has 0 amide bonds. The molecule has 1 aromatic carbocycles. The van der Waals surface area contributed by atoms with Gasteiger partial charge in [0.1, 0.15) is 5.72 Å². The molecule has 1 aliphatic rings. The van der Waals surface area contributed by atoms with Crippen LogP contribution >= 0.6 is 0 Å². The molecule has 0 aromatic heterocycles. The fraction of sp³-hybridized carbons (Fsp3) is 0.286. The fourth-order valence-electron chi connectivity index (χ4n) is 1.87. The first kappa shape index (κ1) is 11.1. The molecule has 0 fully saturated rings. The minimum atomic E-state index is -0.861. The molecule has 0 spiro atoms. The summed E-state index contributed by atoms with van der Waals surface area (Å²) in [5.74, 6) is 0. The molecular formula is C14H17NO. The van der Waals surface area contributed by atoms with Crippen molar-refractivity contribution in [2.24, 2.45) is 0 Å². The number of aliphatic hydroxyl groups is 1. The Morgan fingerprint density at radius 3 is 2.50 bits per heavy atom. The summed E-state index contributed by atoms with van der Waals surface area (Å²) in [6, 6.07) is 10.2. The standard InChI is InChI=1S/C14H17NO/c1-15(2)14(16)10-6-9-13(11-14)12-7-4-3-5-8-12/h3-10,16H,11H2,1-2H3. The third kappa shape index (κ3) is 2.08. The van der Waals surface area contributed by atoms with Gasteiger partial charge in [-0.15, -0.1) is 0 Å². The van der Waals surface area contributed by atoms with Crippen LogP contribution in [0.1, 0.15) is 12.0 Å². The lowest BCUT2D eigenvalue weighted by atomic mass is 9.91. The molecule has 1 N–H and O–H groups in total. The van der Waals surface area contributed by atoms with Crippen LogP contribution in [0.5, 0.6) is 0 Å². The van der Waals surface area contributed by atoms with Gasteiger partial charge in [0.25, 0.3) is 0 Å². The zero-order valence-electron chi connectivity index (χ0n) is 9.72. The van der Waals surface area contributed by atoms with Crippen LogP contribution in [0.2, 0.25) is 0 Å². The number of benzene rings is 1. The van der Waals surface area contributed by atoms with Gasteiger partial charge in [-0.1, -0.05) is 42.5 Å². The van der Waals surface area contributed by atoms with Crippen LogP contribution in [0, 0.1) is 0 Å². The summed E-state index contributed by atoms with van der Waals surface area (Å²) < 4.78 is 0.